The fraction of sp³-hybridized carbons (Fsp3) is 0.406. The van der Waals surface area contributed by atoms with Gasteiger partial charge in [-0.3, -0.25) is 14.6 Å². The topological polar surface area (TPSA) is 129 Å². The van der Waals surface area contributed by atoms with Crippen LogP contribution in [0, 0.1) is 23.3 Å². The molecule has 248 valence electrons. The highest BCUT2D eigenvalue weighted by molar-refractivity contribution is 7.90. The molecule has 4 N–H and O–H groups in total. The van der Waals surface area contributed by atoms with Crippen LogP contribution in [0.5, 0.6) is 0 Å². The summed E-state index contributed by atoms with van der Waals surface area (Å²) in [7, 11) is -3.54. The first-order chi connectivity index (χ1) is 21.9. The van der Waals surface area contributed by atoms with E-state index in [2.05, 4.69) is 25.7 Å². The molecule has 0 unspecified atom stereocenters. The molecule has 1 heterocycles. The minimum absolute atomic E-state index is 0.0108. The van der Waals surface area contributed by atoms with Gasteiger partial charge < -0.3 is 16.0 Å². The number of amides is 2. The molecule has 14 heteroatoms. The molecule has 2 aromatic carbocycles. The number of carbonyl (C=O) groups is 2. The number of hydrogen-bond donors (Lipinski definition) is 4. The Morgan fingerprint density at radius 1 is 0.957 bits per heavy atom. The molecule has 0 aliphatic heterocycles. The summed E-state index contributed by atoms with van der Waals surface area (Å²) >= 11 is 0. The molecule has 0 bridgehead atoms. The van der Waals surface area contributed by atoms with Gasteiger partial charge in [-0.15, -0.1) is 0 Å². The van der Waals surface area contributed by atoms with Gasteiger partial charge in [0.2, 0.25) is 21.8 Å². The second-order valence-corrected chi connectivity index (χ2v) is 13.3. The molecule has 1 saturated carbocycles. The summed E-state index contributed by atoms with van der Waals surface area (Å²) in [4.78, 5) is 30.0. The molecule has 2 amide bonds. The van der Waals surface area contributed by atoms with Crippen molar-refractivity contribution in [1.29, 1.82) is 0 Å². The largest absolute Gasteiger partial charge is 0.344 e. The van der Waals surface area contributed by atoms with Crippen molar-refractivity contribution in [1.82, 2.24) is 20.3 Å². The van der Waals surface area contributed by atoms with Crippen LogP contribution in [0.4, 0.5) is 23.2 Å². The highest BCUT2D eigenvalue weighted by atomic mass is 32.2. The number of aromatic nitrogens is 1. The van der Waals surface area contributed by atoms with Crippen molar-refractivity contribution < 1.29 is 35.6 Å². The van der Waals surface area contributed by atoms with Crippen molar-refractivity contribution in [2.45, 2.75) is 69.2 Å². The summed E-state index contributed by atoms with van der Waals surface area (Å²) in [6.07, 6.45) is 4.36. The van der Waals surface area contributed by atoms with E-state index in [9.17, 15) is 31.2 Å². The monoisotopic (exact) mass is 663 g/mol. The first-order valence-corrected chi connectivity index (χ1v) is 16.6. The van der Waals surface area contributed by atoms with Crippen LogP contribution >= 0.6 is 0 Å². The maximum absolute atomic E-state index is 15.2. The summed E-state index contributed by atoms with van der Waals surface area (Å²) in [5.41, 5.74) is 0.268. The van der Waals surface area contributed by atoms with E-state index in [1.807, 2.05) is 6.92 Å². The molecular weight excluding hydrogens is 626 g/mol. The zero-order valence-corrected chi connectivity index (χ0v) is 26.3. The summed E-state index contributed by atoms with van der Waals surface area (Å²) in [5, 5.41) is 7.85. The molecule has 46 heavy (non-hydrogen) atoms. The Kier molecular flexibility index (Phi) is 11.9. The molecule has 3 aromatic rings. The van der Waals surface area contributed by atoms with Gasteiger partial charge in [0.15, 0.2) is 0 Å². The number of carbonyl (C=O) groups excluding carboxylic acids is 2. The number of rotatable bonds is 16. The van der Waals surface area contributed by atoms with Crippen molar-refractivity contribution in [3.63, 3.8) is 0 Å². The Morgan fingerprint density at radius 3 is 2.24 bits per heavy atom. The third-order valence-electron chi connectivity index (χ3n) is 7.56. The fourth-order valence-electron chi connectivity index (χ4n) is 5.24. The van der Waals surface area contributed by atoms with E-state index in [0.29, 0.717) is 32.0 Å². The molecular formula is C32H37F4N5O4S. The third kappa shape index (κ3) is 9.56. The van der Waals surface area contributed by atoms with E-state index in [0.717, 1.165) is 43.8 Å². The van der Waals surface area contributed by atoms with E-state index in [1.165, 1.54) is 18.3 Å². The SMILES string of the molecule is CCCNC[C@H](CCc1c(F)cncc1NC(=O)[C@@H](NC(C)=O)[C@@H](c1ccc(F)cc1)c1cc(F)cc(F)c1)NS(=O)(=O)C1CC1. The van der Waals surface area contributed by atoms with E-state index < -0.39 is 68.4 Å². The summed E-state index contributed by atoms with van der Waals surface area (Å²) < 4.78 is 85.8. The molecule has 0 saturated heterocycles. The van der Waals surface area contributed by atoms with Gasteiger partial charge in [0.05, 0.1) is 23.3 Å². The highest BCUT2D eigenvalue weighted by Gasteiger charge is 2.37. The molecule has 9 nitrogen and oxygen atoms in total. The Morgan fingerprint density at radius 2 is 1.63 bits per heavy atom. The minimum atomic E-state index is -3.54. The Hall–Kier alpha value is -3.88. The predicted molar refractivity (Wildman–Crippen MR) is 165 cm³/mol. The number of sulfonamides is 1. The maximum atomic E-state index is 15.2. The van der Waals surface area contributed by atoms with Crippen LogP contribution in [-0.2, 0) is 26.0 Å². The standard InChI is InChI=1S/C32H37F4N5O4S/c1-3-12-37-16-25(41-46(44,45)26-9-10-26)8-11-27-28(36)17-38-18-29(27)40-32(43)31(39-19(2)42)30(20-4-6-22(33)7-5-20)21-13-23(34)15-24(35)14-21/h4-7,13-15,17-18,25-26,30-31,37,41H,3,8-12,16H2,1-2H3,(H,39,42)(H,40,43)/t25-,30-,31-/m0/s1. The van der Waals surface area contributed by atoms with Gasteiger partial charge in [-0.1, -0.05) is 19.1 Å². The van der Waals surface area contributed by atoms with Gasteiger partial charge in [0.25, 0.3) is 0 Å². The lowest BCUT2D eigenvalue weighted by molar-refractivity contribution is -0.125. The third-order valence-corrected chi connectivity index (χ3v) is 9.58. The molecule has 0 spiro atoms. The molecule has 1 aliphatic rings. The first kappa shape index (κ1) is 35.0. The Balaban J connectivity index is 1.64. The van der Waals surface area contributed by atoms with Gasteiger partial charge in [0.1, 0.15) is 29.3 Å². The highest BCUT2D eigenvalue weighted by Crippen LogP contribution is 2.32. The number of benzene rings is 2. The second-order valence-electron chi connectivity index (χ2n) is 11.3. The lowest BCUT2D eigenvalue weighted by Crippen LogP contribution is -2.47. The van der Waals surface area contributed by atoms with Crippen molar-refractivity contribution in [2.75, 3.05) is 18.4 Å². The first-order valence-electron chi connectivity index (χ1n) is 15.0. The number of pyridine rings is 1. The second kappa shape index (κ2) is 15.6. The predicted octanol–water partition coefficient (Wildman–Crippen LogP) is 4.30. The average Bonchev–Trinajstić information content (AvgIpc) is 3.83. The lowest BCUT2D eigenvalue weighted by Gasteiger charge is -2.28. The van der Waals surface area contributed by atoms with E-state index in [4.69, 9.17) is 0 Å². The van der Waals surface area contributed by atoms with Gasteiger partial charge in [-0.2, -0.15) is 0 Å². The minimum Gasteiger partial charge on any atom is -0.344 e. The average molecular weight is 664 g/mol. The zero-order chi connectivity index (χ0) is 33.4. The van der Waals surface area contributed by atoms with Crippen molar-refractivity contribution in [3.05, 3.63) is 94.8 Å². The number of halogens is 4. The maximum Gasteiger partial charge on any atom is 0.247 e. The number of anilines is 1. The van der Waals surface area contributed by atoms with Crippen molar-refractivity contribution in [3.8, 4) is 0 Å². The summed E-state index contributed by atoms with van der Waals surface area (Å²) in [5.74, 6) is -5.90. The van der Waals surface area contributed by atoms with E-state index in [-0.39, 0.29) is 35.2 Å². The number of nitrogens with one attached hydrogen (secondary N) is 4. The van der Waals surface area contributed by atoms with Gasteiger partial charge in [-0.25, -0.2) is 30.7 Å². The number of nitrogens with zero attached hydrogens (tertiary/aromatic N) is 1. The van der Waals surface area contributed by atoms with Crippen LogP contribution in [0.1, 0.15) is 62.1 Å². The number of hydrogen-bond acceptors (Lipinski definition) is 6. The molecule has 4 rings (SSSR count). The molecule has 3 atom stereocenters. The van der Waals surface area contributed by atoms with Gasteiger partial charge in [0, 0.05) is 37.1 Å². The quantitative estimate of drug-likeness (QED) is 0.134. The van der Waals surface area contributed by atoms with Gasteiger partial charge >= 0.3 is 0 Å². The van der Waals surface area contributed by atoms with Crippen LogP contribution < -0.4 is 20.7 Å². The van der Waals surface area contributed by atoms with Crippen LogP contribution in [0.2, 0.25) is 0 Å². The smallest absolute Gasteiger partial charge is 0.247 e. The van der Waals surface area contributed by atoms with Gasteiger partial charge in [-0.05, 0) is 74.0 Å². The molecule has 1 aromatic heterocycles. The molecule has 1 fully saturated rings. The molecule has 0 radical (unpaired) electrons. The van der Waals surface area contributed by atoms with Crippen molar-refractivity contribution in [2.24, 2.45) is 0 Å². The zero-order valence-electron chi connectivity index (χ0n) is 25.5. The summed E-state index contributed by atoms with van der Waals surface area (Å²) in [6, 6.07) is 5.48. The van der Waals surface area contributed by atoms with Crippen LogP contribution in [0.3, 0.4) is 0 Å². The lowest BCUT2D eigenvalue weighted by atomic mass is 9.84. The van der Waals surface area contributed by atoms with Crippen molar-refractivity contribution >= 4 is 27.5 Å². The fourth-order valence-corrected chi connectivity index (χ4v) is 6.85. The van der Waals surface area contributed by atoms with E-state index >= 15 is 4.39 Å². The van der Waals surface area contributed by atoms with Crippen LogP contribution in [0.25, 0.3) is 0 Å². The van der Waals surface area contributed by atoms with Crippen LogP contribution in [-0.4, -0.2) is 55.6 Å². The summed E-state index contributed by atoms with van der Waals surface area (Å²) in [6.45, 7) is 4.08. The Labute approximate surface area is 265 Å². The normalized spacial score (nSPS) is 15.2. The Bertz CT molecular complexity index is 1620. The van der Waals surface area contributed by atoms with E-state index in [1.54, 1.807) is 0 Å². The molecule has 1 aliphatic carbocycles. The van der Waals surface area contributed by atoms with Crippen LogP contribution in [0.15, 0.2) is 54.9 Å².